The Kier molecular flexibility index (Phi) is 7.83. The predicted octanol–water partition coefficient (Wildman–Crippen LogP) is 15.9. The molecule has 2 heteroatoms. The second-order valence-corrected chi connectivity index (χ2v) is 20.8. The molecule has 3 aliphatic rings. The SMILES string of the molecule is CC(C)(C)c1ccc2c(c1)C1(c3cc(C(C)(C)C)ccc3-2)c2cc(Nc3ccc4c(c3)-c3ccccc3C4(c3ccccc3)c3ccccc3)ccc2-c2c1sc1ccccc21. The largest absolute Gasteiger partial charge is 0.355 e. The summed E-state index contributed by atoms with van der Waals surface area (Å²) in [6.07, 6.45) is 0. The van der Waals surface area contributed by atoms with E-state index in [1.54, 1.807) is 0 Å². The maximum absolute atomic E-state index is 3.99. The van der Waals surface area contributed by atoms with Gasteiger partial charge >= 0.3 is 0 Å². The quantitative estimate of drug-likeness (QED) is 0.187. The minimum Gasteiger partial charge on any atom is -0.355 e. The molecule has 8 aromatic carbocycles. The molecule has 62 heavy (non-hydrogen) atoms. The molecule has 9 aromatic rings. The minimum absolute atomic E-state index is 0.000190. The topological polar surface area (TPSA) is 12.0 Å². The van der Waals surface area contributed by atoms with Gasteiger partial charge in [-0.1, -0.05) is 193 Å². The number of fused-ring (bicyclic) bond motifs is 15. The van der Waals surface area contributed by atoms with Crippen LogP contribution in [0.1, 0.15) is 96.5 Å². The fraction of sp³-hybridized carbons (Fsp3) is 0.167. The van der Waals surface area contributed by atoms with Gasteiger partial charge in [0.1, 0.15) is 0 Å². The van der Waals surface area contributed by atoms with Crippen molar-refractivity contribution in [2.45, 2.75) is 63.2 Å². The number of anilines is 2. The maximum atomic E-state index is 3.99. The van der Waals surface area contributed by atoms with E-state index in [9.17, 15) is 0 Å². The van der Waals surface area contributed by atoms with Gasteiger partial charge in [-0.05, 0) is 119 Å². The third-order valence-electron chi connectivity index (χ3n) is 14.2. The molecule has 0 fully saturated rings. The fourth-order valence-corrected chi connectivity index (χ4v) is 12.8. The van der Waals surface area contributed by atoms with Gasteiger partial charge in [0.15, 0.2) is 0 Å². The van der Waals surface area contributed by atoms with Crippen molar-refractivity contribution in [2.24, 2.45) is 0 Å². The summed E-state index contributed by atoms with van der Waals surface area (Å²) in [5, 5.41) is 5.33. The van der Waals surface area contributed by atoms with Crippen LogP contribution in [0.15, 0.2) is 182 Å². The van der Waals surface area contributed by atoms with Gasteiger partial charge in [0.25, 0.3) is 0 Å². The third kappa shape index (κ3) is 5.02. The normalized spacial score (nSPS) is 14.9. The Balaban J connectivity index is 1.07. The summed E-state index contributed by atoms with van der Waals surface area (Å²) in [5.74, 6) is 0. The summed E-state index contributed by atoms with van der Waals surface area (Å²) in [7, 11) is 0. The Morgan fingerprint density at radius 1 is 0.387 bits per heavy atom. The summed E-state index contributed by atoms with van der Waals surface area (Å²) in [5.41, 5.74) is 21.4. The zero-order valence-electron chi connectivity index (χ0n) is 36.2. The fourth-order valence-electron chi connectivity index (χ4n) is 11.3. The van der Waals surface area contributed by atoms with E-state index in [0.29, 0.717) is 0 Å². The molecular weight excluding hydrogens is 767 g/mol. The summed E-state index contributed by atoms with van der Waals surface area (Å²) in [6.45, 7) is 14.1. The van der Waals surface area contributed by atoms with Crippen molar-refractivity contribution in [1.82, 2.24) is 0 Å². The summed E-state index contributed by atoms with van der Waals surface area (Å²) in [4.78, 5) is 1.44. The molecule has 300 valence electrons. The third-order valence-corrected chi connectivity index (χ3v) is 15.5. The monoisotopic (exact) mass is 815 g/mol. The van der Waals surface area contributed by atoms with Crippen LogP contribution < -0.4 is 5.32 Å². The molecule has 3 aliphatic carbocycles. The predicted molar refractivity (Wildman–Crippen MR) is 263 cm³/mol. The lowest BCUT2D eigenvalue weighted by Gasteiger charge is -2.33. The van der Waals surface area contributed by atoms with Crippen LogP contribution >= 0.6 is 11.3 Å². The number of nitrogens with one attached hydrogen (secondary N) is 1. The van der Waals surface area contributed by atoms with Crippen molar-refractivity contribution in [1.29, 1.82) is 0 Å². The number of benzene rings is 8. The van der Waals surface area contributed by atoms with Crippen LogP contribution in [0, 0.1) is 0 Å². The first-order valence-corrected chi connectivity index (χ1v) is 22.9. The van der Waals surface area contributed by atoms with Crippen LogP contribution in [-0.2, 0) is 21.7 Å². The Morgan fingerprint density at radius 3 is 1.53 bits per heavy atom. The first-order valence-electron chi connectivity index (χ1n) is 22.1. The van der Waals surface area contributed by atoms with Crippen LogP contribution in [-0.4, -0.2) is 0 Å². The van der Waals surface area contributed by atoms with Crippen LogP contribution in [0.4, 0.5) is 11.4 Å². The molecule has 1 N–H and O–H groups in total. The van der Waals surface area contributed by atoms with Crippen LogP contribution in [0.5, 0.6) is 0 Å². The van der Waals surface area contributed by atoms with Crippen LogP contribution in [0.2, 0.25) is 0 Å². The molecule has 1 heterocycles. The molecule has 1 aromatic heterocycles. The highest BCUT2D eigenvalue weighted by atomic mass is 32.1. The van der Waals surface area contributed by atoms with Crippen molar-refractivity contribution in [2.75, 3.05) is 5.32 Å². The summed E-state index contributed by atoms with van der Waals surface area (Å²) < 4.78 is 1.35. The van der Waals surface area contributed by atoms with Crippen LogP contribution in [0.3, 0.4) is 0 Å². The van der Waals surface area contributed by atoms with E-state index in [1.165, 1.54) is 98.4 Å². The van der Waals surface area contributed by atoms with Crippen molar-refractivity contribution in [3.8, 4) is 33.4 Å². The van der Waals surface area contributed by atoms with E-state index in [-0.39, 0.29) is 10.8 Å². The van der Waals surface area contributed by atoms with Gasteiger partial charge in [-0.15, -0.1) is 11.3 Å². The Morgan fingerprint density at radius 2 is 0.887 bits per heavy atom. The molecule has 0 saturated carbocycles. The highest BCUT2D eigenvalue weighted by molar-refractivity contribution is 7.20. The molecule has 1 nitrogen and oxygen atoms in total. The number of thiophene rings is 1. The minimum atomic E-state index is -0.457. The first-order chi connectivity index (χ1) is 30.0. The molecule has 0 atom stereocenters. The number of hydrogen-bond acceptors (Lipinski definition) is 2. The van der Waals surface area contributed by atoms with E-state index in [1.807, 2.05) is 11.3 Å². The van der Waals surface area contributed by atoms with Gasteiger partial charge < -0.3 is 5.32 Å². The molecule has 0 saturated heterocycles. The number of hydrogen-bond donors (Lipinski definition) is 1. The van der Waals surface area contributed by atoms with E-state index in [2.05, 4.69) is 229 Å². The van der Waals surface area contributed by atoms with Crippen molar-refractivity contribution < 1.29 is 0 Å². The summed E-state index contributed by atoms with van der Waals surface area (Å²) in [6, 6.07) is 69.1. The molecule has 12 rings (SSSR count). The molecule has 1 spiro atoms. The Bertz CT molecular complexity index is 3180. The Labute approximate surface area is 369 Å². The lowest BCUT2D eigenvalue weighted by Crippen LogP contribution is -2.28. The second kappa shape index (κ2) is 13.0. The molecule has 0 bridgehead atoms. The van der Waals surface area contributed by atoms with Gasteiger partial charge in [-0.25, -0.2) is 0 Å². The van der Waals surface area contributed by atoms with Gasteiger partial charge in [0.2, 0.25) is 0 Å². The van der Waals surface area contributed by atoms with Gasteiger partial charge in [0.05, 0.1) is 10.8 Å². The van der Waals surface area contributed by atoms with E-state index in [4.69, 9.17) is 0 Å². The lowest BCUT2D eigenvalue weighted by molar-refractivity contribution is 0.587. The first kappa shape index (κ1) is 37.3. The second-order valence-electron chi connectivity index (χ2n) is 19.7. The van der Waals surface area contributed by atoms with Crippen LogP contribution in [0.25, 0.3) is 43.5 Å². The Hall–Kier alpha value is -6.48. The lowest BCUT2D eigenvalue weighted by atomic mass is 9.68. The summed E-state index contributed by atoms with van der Waals surface area (Å²) >= 11 is 1.99. The zero-order chi connectivity index (χ0) is 42.2. The maximum Gasteiger partial charge on any atom is 0.0820 e. The van der Waals surface area contributed by atoms with Crippen molar-refractivity contribution in [3.63, 3.8) is 0 Å². The van der Waals surface area contributed by atoms with E-state index >= 15 is 0 Å². The number of rotatable bonds is 4. The molecule has 0 aliphatic heterocycles. The molecule has 0 radical (unpaired) electrons. The van der Waals surface area contributed by atoms with E-state index < -0.39 is 10.8 Å². The van der Waals surface area contributed by atoms with Gasteiger partial charge in [-0.2, -0.15) is 0 Å². The van der Waals surface area contributed by atoms with Gasteiger partial charge in [0, 0.05) is 31.9 Å². The van der Waals surface area contributed by atoms with Crippen molar-refractivity contribution >= 4 is 32.8 Å². The smallest absolute Gasteiger partial charge is 0.0820 e. The van der Waals surface area contributed by atoms with Gasteiger partial charge in [-0.3, -0.25) is 0 Å². The molecular formula is C60H49NS. The van der Waals surface area contributed by atoms with E-state index in [0.717, 1.165) is 11.4 Å². The molecule has 0 unspecified atom stereocenters. The highest BCUT2D eigenvalue weighted by Crippen LogP contribution is 2.67. The highest BCUT2D eigenvalue weighted by Gasteiger charge is 2.54. The average molecular weight is 816 g/mol. The zero-order valence-corrected chi connectivity index (χ0v) is 37.0. The van der Waals surface area contributed by atoms with Crippen molar-refractivity contribution in [3.05, 3.63) is 237 Å². The standard InChI is InChI=1S/C60H49NS/c1-57(2,3)39-25-29-44-45-30-26-40(58(4,5)6)34-52(45)60(51(44)33-39)53-36-42(27-31-46(53)55-47-22-14-16-24-54(47)62-56(55)60)61-41-28-32-50-48(35-41)43-21-13-15-23-49(43)59(50,37-17-9-7-10-18-37)38-19-11-8-12-20-38/h7-36,61H,1-6H3. The average Bonchev–Trinajstić information content (AvgIpc) is 3.98. The molecule has 0 amide bonds.